The summed E-state index contributed by atoms with van der Waals surface area (Å²) >= 11 is 6.28. The quantitative estimate of drug-likeness (QED) is 0.369. The first-order valence-electron chi connectivity index (χ1n) is 12.9. The van der Waals surface area contributed by atoms with E-state index in [2.05, 4.69) is 27.4 Å². The third kappa shape index (κ3) is 6.98. The van der Waals surface area contributed by atoms with Crippen LogP contribution in [0, 0.1) is 13.8 Å². The van der Waals surface area contributed by atoms with Crippen LogP contribution in [-0.4, -0.2) is 58.6 Å². The highest BCUT2D eigenvalue weighted by molar-refractivity contribution is 6.32. The lowest BCUT2D eigenvalue weighted by molar-refractivity contribution is -0.0621. The first kappa shape index (κ1) is 27.3. The van der Waals surface area contributed by atoms with E-state index in [1.165, 1.54) is 0 Å². The van der Waals surface area contributed by atoms with Crippen LogP contribution in [-0.2, 0) is 19.5 Å². The number of nitrogens with zero attached hydrogens (tertiary/aromatic N) is 3. The lowest BCUT2D eigenvalue weighted by atomic mass is 9.93. The fourth-order valence-corrected chi connectivity index (χ4v) is 5.07. The number of aliphatic hydroxyl groups is 1. The molecule has 1 aromatic heterocycles. The number of ether oxygens (including phenoxy) is 3. The normalized spacial score (nSPS) is 18.1. The van der Waals surface area contributed by atoms with Crippen LogP contribution in [0.2, 0.25) is 5.02 Å². The van der Waals surface area contributed by atoms with Crippen molar-refractivity contribution in [1.82, 2.24) is 14.5 Å². The van der Waals surface area contributed by atoms with Gasteiger partial charge in [0.1, 0.15) is 30.4 Å². The topological polar surface area (TPSA) is 69.0 Å². The number of likely N-dealkylation sites (tertiary alicyclic amines) is 1. The number of rotatable bonds is 11. The van der Waals surface area contributed by atoms with Gasteiger partial charge in [0.05, 0.1) is 13.7 Å². The van der Waals surface area contributed by atoms with Gasteiger partial charge in [0.25, 0.3) is 0 Å². The Kier molecular flexibility index (Phi) is 9.00. The number of β-amino-alcohol motifs (C(OH)–C–C–N with tert-alkyl or cyclic N) is 1. The molecule has 0 saturated carbocycles. The van der Waals surface area contributed by atoms with Gasteiger partial charge in [0.2, 0.25) is 0 Å². The summed E-state index contributed by atoms with van der Waals surface area (Å²) in [6.45, 7) is 9.72. The van der Waals surface area contributed by atoms with Crippen molar-refractivity contribution in [3.8, 4) is 17.2 Å². The highest BCUT2D eigenvalue weighted by Gasteiger charge is 2.34. The molecule has 0 spiro atoms. The maximum absolute atomic E-state index is 11.3. The third-order valence-electron chi connectivity index (χ3n) is 6.89. The maximum atomic E-state index is 11.3. The monoisotopic (exact) mass is 527 g/mol. The fraction of sp³-hybridized carbons (Fsp3) is 0.483. The van der Waals surface area contributed by atoms with E-state index in [4.69, 9.17) is 25.8 Å². The van der Waals surface area contributed by atoms with E-state index in [-0.39, 0.29) is 6.61 Å². The smallest absolute Gasteiger partial charge is 0.161 e. The van der Waals surface area contributed by atoms with Crippen LogP contribution < -0.4 is 14.2 Å². The molecular weight excluding hydrogens is 490 g/mol. The molecule has 1 atom stereocenters. The van der Waals surface area contributed by atoms with Gasteiger partial charge in [-0.25, -0.2) is 4.98 Å². The van der Waals surface area contributed by atoms with E-state index >= 15 is 0 Å². The molecule has 8 heteroatoms. The Morgan fingerprint density at radius 2 is 1.89 bits per heavy atom. The van der Waals surface area contributed by atoms with Crippen molar-refractivity contribution in [2.24, 2.45) is 0 Å². The molecule has 0 bridgehead atoms. The van der Waals surface area contributed by atoms with Crippen LogP contribution >= 0.6 is 11.6 Å². The van der Waals surface area contributed by atoms with E-state index in [0.29, 0.717) is 31.9 Å². The Labute approximate surface area is 224 Å². The molecule has 37 heavy (non-hydrogen) atoms. The molecule has 1 aliphatic heterocycles. The van der Waals surface area contributed by atoms with Crippen LogP contribution in [0.1, 0.15) is 42.3 Å². The molecule has 7 nitrogen and oxygen atoms in total. The third-order valence-corrected chi connectivity index (χ3v) is 7.49. The van der Waals surface area contributed by atoms with Gasteiger partial charge in [0, 0.05) is 36.9 Å². The molecule has 2 heterocycles. The summed E-state index contributed by atoms with van der Waals surface area (Å²) in [5.74, 6) is 3.23. The van der Waals surface area contributed by atoms with Gasteiger partial charge < -0.3 is 23.9 Å². The zero-order valence-electron chi connectivity index (χ0n) is 22.3. The predicted octanol–water partition coefficient (Wildman–Crippen LogP) is 5.21. The first-order chi connectivity index (χ1) is 17.8. The molecule has 2 aromatic carbocycles. The summed E-state index contributed by atoms with van der Waals surface area (Å²) < 4.78 is 19.8. The Morgan fingerprint density at radius 3 is 2.62 bits per heavy atom. The van der Waals surface area contributed by atoms with E-state index in [9.17, 15) is 5.11 Å². The average molecular weight is 528 g/mol. The second-order valence-electron chi connectivity index (χ2n) is 9.92. The van der Waals surface area contributed by atoms with E-state index < -0.39 is 5.60 Å². The van der Waals surface area contributed by atoms with Crippen molar-refractivity contribution in [2.45, 2.75) is 58.7 Å². The molecule has 0 radical (unpaired) electrons. The molecule has 0 amide bonds. The molecule has 1 saturated heterocycles. The highest BCUT2D eigenvalue weighted by atomic mass is 35.5. The average Bonchev–Trinajstić information content (AvgIpc) is 3.34. The molecule has 0 aliphatic carbocycles. The summed E-state index contributed by atoms with van der Waals surface area (Å²) in [4.78, 5) is 6.63. The lowest BCUT2D eigenvalue weighted by Gasteiger charge is -2.39. The number of benzene rings is 2. The number of hydrogen-bond acceptors (Lipinski definition) is 6. The van der Waals surface area contributed by atoms with Gasteiger partial charge in [-0.2, -0.15) is 0 Å². The van der Waals surface area contributed by atoms with E-state index in [1.807, 2.05) is 50.5 Å². The molecule has 200 valence electrons. The summed E-state index contributed by atoms with van der Waals surface area (Å²) in [5, 5.41) is 12.0. The van der Waals surface area contributed by atoms with Crippen molar-refractivity contribution in [3.63, 3.8) is 0 Å². The summed E-state index contributed by atoms with van der Waals surface area (Å²) in [7, 11) is 1.66. The number of hydrogen-bond donors (Lipinski definition) is 1. The minimum atomic E-state index is -0.905. The number of piperidine rings is 1. The van der Waals surface area contributed by atoms with Gasteiger partial charge in [-0.15, -0.1) is 0 Å². The minimum absolute atomic E-state index is 0.247. The fourth-order valence-electron chi connectivity index (χ4n) is 4.97. The molecule has 1 fully saturated rings. The molecule has 1 aliphatic rings. The summed E-state index contributed by atoms with van der Waals surface area (Å²) in [6, 6.07) is 9.90. The second kappa shape index (κ2) is 12.2. The summed E-state index contributed by atoms with van der Waals surface area (Å²) in [5.41, 5.74) is 2.16. The van der Waals surface area contributed by atoms with E-state index in [0.717, 1.165) is 65.0 Å². The number of imidazole rings is 1. The van der Waals surface area contributed by atoms with Gasteiger partial charge in [-0.05, 0) is 74.2 Å². The predicted molar refractivity (Wildman–Crippen MR) is 146 cm³/mol. The van der Waals surface area contributed by atoms with Crippen LogP contribution in [0.15, 0.2) is 42.7 Å². The van der Waals surface area contributed by atoms with Crippen LogP contribution in [0.4, 0.5) is 0 Å². The Balaban J connectivity index is 1.33. The minimum Gasteiger partial charge on any atom is -0.493 e. The van der Waals surface area contributed by atoms with Gasteiger partial charge in [-0.1, -0.05) is 24.6 Å². The first-order valence-corrected chi connectivity index (χ1v) is 13.3. The SMILES string of the molecule is CCc1nccn1CCOc1ccc(CN2CCCC(O)(COc3cc(C)c(Cl)c(C)c3)C2)cc1OC. The number of aryl methyl sites for hydroxylation is 3. The number of aromatic nitrogens is 2. The number of halogens is 1. The Morgan fingerprint density at radius 1 is 1.11 bits per heavy atom. The van der Waals surface area contributed by atoms with Gasteiger partial charge in [0.15, 0.2) is 11.5 Å². The Bertz CT molecular complexity index is 1170. The highest BCUT2D eigenvalue weighted by Crippen LogP contribution is 2.31. The molecular formula is C29H38ClN3O4. The lowest BCUT2D eigenvalue weighted by Crippen LogP contribution is -2.51. The van der Waals surface area contributed by atoms with Crippen molar-refractivity contribution >= 4 is 11.6 Å². The second-order valence-corrected chi connectivity index (χ2v) is 10.3. The molecule has 3 aromatic rings. The van der Waals surface area contributed by atoms with Gasteiger partial charge in [-0.3, -0.25) is 4.90 Å². The van der Waals surface area contributed by atoms with Crippen LogP contribution in [0.5, 0.6) is 17.2 Å². The van der Waals surface area contributed by atoms with Gasteiger partial charge >= 0.3 is 0 Å². The van der Waals surface area contributed by atoms with Crippen LogP contribution in [0.25, 0.3) is 0 Å². The van der Waals surface area contributed by atoms with Crippen molar-refractivity contribution in [2.75, 3.05) is 33.4 Å². The van der Waals surface area contributed by atoms with Crippen molar-refractivity contribution in [3.05, 3.63) is 70.3 Å². The van der Waals surface area contributed by atoms with Crippen molar-refractivity contribution in [1.29, 1.82) is 0 Å². The zero-order valence-corrected chi connectivity index (χ0v) is 23.1. The van der Waals surface area contributed by atoms with Crippen molar-refractivity contribution < 1.29 is 19.3 Å². The zero-order chi connectivity index (χ0) is 26.4. The van der Waals surface area contributed by atoms with Crippen LogP contribution in [0.3, 0.4) is 0 Å². The molecule has 1 unspecified atom stereocenters. The molecule has 1 N–H and O–H groups in total. The number of methoxy groups -OCH3 is 1. The molecule has 4 rings (SSSR count). The summed E-state index contributed by atoms with van der Waals surface area (Å²) in [6.07, 6.45) is 6.31. The van der Waals surface area contributed by atoms with E-state index in [1.54, 1.807) is 7.11 Å². The largest absolute Gasteiger partial charge is 0.493 e. The standard InChI is InChI=1S/C29H38ClN3O4/c1-5-27-31-10-12-33(27)13-14-36-25-8-7-23(17-26(25)35-4)18-32-11-6-9-29(34,19-32)20-37-24-15-21(2)28(30)22(3)16-24/h7-8,10,12,15-17,34H,5-6,9,11,13-14,18-20H2,1-4H3. The maximum Gasteiger partial charge on any atom is 0.161 e. The Hall–Kier alpha value is -2.74.